The molecule has 0 saturated carbocycles. The first-order chi connectivity index (χ1) is 11.1. The molecule has 0 spiro atoms. The fraction of sp³-hybridized carbons (Fsp3) is 0.188. The van der Waals surface area contributed by atoms with Crippen LogP contribution in [-0.4, -0.2) is 37.2 Å². The zero-order chi connectivity index (χ0) is 18.5. The Morgan fingerprint density at radius 3 is 2.52 bits per heavy atom. The van der Waals surface area contributed by atoms with Crippen LogP contribution in [0.3, 0.4) is 0 Å². The predicted octanol–water partition coefficient (Wildman–Crippen LogP) is -0.787. The number of halogens is 1. The van der Waals surface area contributed by atoms with Crippen LogP contribution >= 0.6 is 0 Å². The maximum absolute atomic E-state index is 14.1. The van der Waals surface area contributed by atoms with Crippen molar-refractivity contribution in [2.45, 2.75) is 18.7 Å². The number of aliphatic carboxylic acids is 1. The Hall–Kier alpha value is -2.01. The zero-order valence-corrected chi connectivity index (χ0v) is 14.8. The summed E-state index contributed by atoms with van der Waals surface area (Å²) in [5.74, 6) is -2.77. The van der Waals surface area contributed by atoms with Gasteiger partial charge in [0, 0.05) is 0 Å². The van der Waals surface area contributed by atoms with Gasteiger partial charge in [-0.05, 0) is 35.2 Å². The standard InChI is InChI=1S/C16H15FN2O4S.Li/c1-4-24(22,23)11-5-6-12(14(17)7-11)15(18)13(16(20)21)9-19-8-10(2)3;/h2,5-8,18H,4H2,1,3H3,(H,20,21);/q-2;+1. The molecule has 0 aliphatic carbocycles. The molecule has 0 atom stereocenters. The van der Waals surface area contributed by atoms with Crippen LogP contribution in [0.2, 0.25) is 0 Å². The molecule has 0 aliphatic heterocycles. The van der Waals surface area contributed by atoms with Crippen LogP contribution in [0.1, 0.15) is 19.4 Å². The van der Waals surface area contributed by atoms with Gasteiger partial charge in [-0.2, -0.15) is 5.57 Å². The van der Waals surface area contributed by atoms with Gasteiger partial charge in [0.15, 0.2) is 9.84 Å². The largest absolute Gasteiger partial charge is 1.00 e. The SMILES string of the molecule is [CH-]=C(C)C=N[C-]=C(C(=N)c1ccc(S(=O)(=O)CC)cc1F)C(=O)O.[Li+]. The summed E-state index contributed by atoms with van der Waals surface area (Å²) in [6, 6.07) is 2.91. The van der Waals surface area contributed by atoms with Gasteiger partial charge in [0.2, 0.25) is 0 Å². The molecule has 2 N–H and O–H groups in total. The van der Waals surface area contributed by atoms with Gasteiger partial charge in [-0.1, -0.05) is 26.1 Å². The molecule has 0 unspecified atom stereocenters. The van der Waals surface area contributed by atoms with Gasteiger partial charge in [0.05, 0.1) is 10.6 Å². The molecule has 0 saturated heterocycles. The quantitative estimate of drug-likeness (QED) is 0.289. The van der Waals surface area contributed by atoms with E-state index in [9.17, 15) is 17.6 Å². The average Bonchev–Trinajstić information content (AvgIpc) is 2.50. The van der Waals surface area contributed by atoms with E-state index in [0.29, 0.717) is 5.57 Å². The number of carboxylic acids is 1. The van der Waals surface area contributed by atoms with Crippen molar-refractivity contribution in [3.63, 3.8) is 0 Å². The minimum Gasteiger partial charge on any atom is -0.521 e. The summed E-state index contributed by atoms with van der Waals surface area (Å²) in [5.41, 5.74) is -1.46. The average molecular weight is 357 g/mol. The molecule has 9 heteroatoms. The van der Waals surface area contributed by atoms with E-state index in [-0.39, 0.29) is 35.1 Å². The van der Waals surface area contributed by atoms with Crippen molar-refractivity contribution in [1.82, 2.24) is 0 Å². The Morgan fingerprint density at radius 1 is 1.48 bits per heavy atom. The number of aliphatic imine (C=N–C) groups is 1. The Bertz CT molecular complexity index is 861. The molecule has 0 fully saturated rings. The maximum atomic E-state index is 14.1. The molecular formula is C16H15FLiN2O4S-. The van der Waals surface area contributed by atoms with E-state index in [1.807, 2.05) is 0 Å². The van der Waals surface area contributed by atoms with E-state index in [0.717, 1.165) is 24.4 Å². The Balaban J connectivity index is 0.00000576. The summed E-state index contributed by atoms with van der Waals surface area (Å²) < 4.78 is 37.6. The first kappa shape index (κ1) is 23.0. The van der Waals surface area contributed by atoms with Gasteiger partial charge in [0.25, 0.3) is 5.97 Å². The molecule has 1 aromatic carbocycles. The van der Waals surface area contributed by atoms with Gasteiger partial charge in [-0.15, -0.1) is 0 Å². The van der Waals surface area contributed by atoms with Gasteiger partial charge in [-0.3, -0.25) is 6.58 Å². The van der Waals surface area contributed by atoms with E-state index in [1.165, 1.54) is 13.8 Å². The van der Waals surface area contributed by atoms with Crippen molar-refractivity contribution in [2.75, 3.05) is 5.75 Å². The monoisotopic (exact) mass is 357 g/mol. The molecule has 0 aliphatic rings. The van der Waals surface area contributed by atoms with Crippen LogP contribution < -0.4 is 18.9 Å². The molecule has 0 radical (unpaired) electrons. The van der Waals surface area contributed by atoms with Crippen molar-refractivity contribution in [3.8, 4) is 0 Å². The van der Waals surface area contributed by atoms with Gasteiger partial charge in [-0.25, -0.2) is 12.8 Å². The van der Waals surface area contributed by atoms with Crippen LogP contribution in [0.5, 0.6) is 0 Å². The van der Waals surface area contributed by atoms with Crippen LogP contribution in [0, 0.1) is 24.0 Å². The first-order valence-corrected chi connectivity index (χ1v) is 8.35. The van der Waals surface area contributed by atoms with Crippen LogP contribution in [0.15, 0.2) is 39.2 Å². The number of carboxylic acid groups (broad SMARTS) is 1. The second-order valence-electron chi connectivity index (χ2n) is 4.71. The number of sulfone groups is 1. The summed E-state index contributed by atoms with van der Waals surface area (Å²) in [6.45, 7) is 8.27. The van der Waals surface area contributed by atoms with E-state index >= 15 is 0 Å². The molecule has 25 heavy (non-hydrogen) atoms. The number of rotatable bonds is 7. The summed E-state index contributed by atoms with van der Waals surface area (Å²) in [4.78, 5) is 14.5. The molecular weight excluding hydrogens is 342 g/mol. The summed E-state index contributed by atoms with van der Waals surface area (Å²) in [6.07, 6.45) is 3.24. The Labute approximate surface area is 157 Å². The number of carbonyl (C=O) groups is 1. The maximum Gasteiger partial charge on any atom is 1.00 e. The third-order valence-corrected chi connectivity index (χ3v) is 4.59. The van der Waals surface area contributed by atoms with Crippen LogP contribution in [0.25, 0.3) is 0 Å². The molecule has 6 nitrogen and oxygen atoms in total. The van der Waals surface area contributed by atoms with Crippen LogP contribution in [0.4, 0.5) is 4.39 Å². The fourth-order valence-corrected chi connectivity index (χ4v) is 2.49. The molecule has 0 heterocycles. The van der Waals surface area contributed by atoms with Crippen molar-refractivity contribution in [2.24, 2.45) is 4.99 Å². The number of benzene rings is 1. The third kappa shape index (κ3) is 6.09. The Morgan fingerprint density at radius 2 is 2.08 bits per heavy atom. The Kier molecular flexibility index (Phi) is 8.70. The second kappa shape index (κ2) is 9.47. The molecule has 0 bridgehead atoms. The number of hydrogen-bond donors (Lipinski definition) is 2. The zero-order valence-electron chi connectivity index (χ0n) is 14.0. The van der Waals surface area contributed by atoms with Crippen LogP contribution in [-0.2, 0) is 14.6 Å². The number of allylic oxidation sites excluding steroid dienone is 1. The van der Waals surface area contributed by atoms with Gasteiger partial charge >= 0.3 is 18.9 Å². The van der Waals surface area contributed by atoms with Crippen molar-refractivity contribution >= 4 is 27.7 Å². The summed E-state index contributed by atoms with van der Waals surface area (Å²) in [5, 5.41) is 16.9. The smallest absolute Gasteiger partial charge is 0.521 e. The van der Waals surface area contributed by atoms with Gasteiger partial charge < -0.3 is 20.3 Å². The van der Waals surface area contributed by atoms with E-state index in [1.54, 1.807) is 0 Å². The van der Waals surface area contributed by atoms with E-state index < -0.39 is 32.9 Å². The number of nitrogens with zero attached hydrogens (tertiary/aromatic N) is 1. The summed E-state index contributed by atoms with van der Waals surface area (Å²) in [7, 11) is -3.61. The third-order valence-electron chi connectivity index (χ3n) is 2.86. The van der Waals surface area contributed by atoms with Crippen molar-refractivity contribution in [1.29, 1.82) is 5.41 Å². The minimum absolute atomic E-state index is 0. The molecule has 0 amide bonds. The summed E-state index contributed by atoms with van der Waals surface area (Å²) >= 11 is 0. The molecule has 1 aromatic rings. The fourth-order valence-electron chi connectivity index (χ4n) is 1.60. The first-order valence-electron chi connectivity index (χ1n) is 6.70. The second-order valence-corrected chi connectivity index (χ2v) is 6.99. The number of nitrogens with one attached hydrogen (secondary N) is 1. The minimum atomic E-state index is -3.61. The van der Waals surface area contributed by atoms with Gasteiger partial charge in [0.1, 0.15) is 5.82 Å². The normalized spacial score (nSPS) is 11.9. The molecule has 1 rings (SSSR count). The van der Waals surface area contributed by atoms with E-state index in [4.69, 9.17) is 17.1 Å². The van der Waals surface area contributed by atoms with Crippen molar-refractivity contribution < 1.29 is 41.6 Å². The molecule has 0 aromatic heterocycles. The van der Waals surface area contributed by atoms with Crippen molar-refractivity contribution in [3.05, 3.63) is 53.5 Å². The topological polar surface area (TPSA) is 108 Å². The predicted molar refractivity (Wildman–Crippen MR) is 87.3 cm³/mol. The van der Waals surface area contributed by atoms with E-state index in [2.05, 4.69) is 11.2 Å². The number of hydrogen-bond acceptors (Lipinski definition) is 5. The molecule has 128 valence electrons.